The minimum absolute atomic E-state index is 0.0804. The molecule has 1 atom stereocenters. The van der Waals surface area contributed by atoms with Crippen LogP contribution >= 0.6 is 0 Å². The standard InChI is InChI=1S/C14H14N2O3/c17-9-12(10-5-2-1-3-6-10)16-13-11(14(18)19)7-4-8-15-13/h1-8,12,17H,9H2,(H,15,16)(H,18,19). The first-order chi connectivity index (χ1) is 9.22. The van der Waals surface area contributed by atoms with Gasteiger partial charge in [0.05, 0.1) is 12.6 Å². The second kappa shape index (κ2) is 5.97. The number of benzene rings is 1. The number of carboxylic acids is 1. The van der Waals surface area contributed by atoms with E-state index in [1.54, 1.807) is 6.07 Å². The molecule has 0 radical (unpaired) electrons. The van der Waals surface area contributed by atoms with Crippen molar-refractivity contribution in [3.05, 3.63) is 59.8 Å². The van der Waals surface area contributed by atoms with E-state index >= 15 is 0 Å². The lowest BCUT2D eigenvalue weighted by Gasteiger charge is -2.18. The summed E-state index contributed by atoms with van der Waals surface area (Å²) in [6.07, 6.45) is 1.51. The third-order valence-corrected chi connectivity index (χ3v) is 2.73. The van der Waals surface area contributed by atoms with Gasteiger partial charge in [0.1, 0.15) is 11.4 Å². The molecule has 0 fully saturated rings. The Bertz CT molecular complexity index is 558. The zero-order valence-corrected chi connectivity index (χ0v) is 10.2. The van der Waals surface area contributed by atoms with E-state index in [1.807, 2.05) is 30.3 Å². The van der Waals surface area contributed by atoms with Crippen LogP contribution in [0.2, 0.25) is 0 Å². The van der Waals surface area contributed by atoms with Crippen molar-refractivity contribution in [1.29, 1.82) is 0 Å². The highest BCUT2D eigenvalue weighted by Crippen LogP contribution is 2.20. The lowest BCUT2D eigenvalue weighted by molar-refractivity contribution is 0.0697. The average molecular weight is 258 g/mol. The predicted octanol–water partition coefficient (Wildman–Crippen LogP) is 1.93. The average Bonchev–Trinajstić information content (AvgIpc) is 2.46. The lowest BCUT2D eigenvalue weighted by Crippen LogP contribution is -2.17. The number of nitrogens with one attached hydrogen (secondary N) is 1. The SMILES string of the molecule is O=C(O)c1cccnc1NC(CO)c1ccccc1. The van der Waals surface area contributed by atoms with E-state index in [-0.39, 0.29) is 18.0 Å². The van der Waals surface area contributed by atoms with E-state index in [0.717, 1.165) is 5.56 Å². The van der Waals surface area contributed by atoms with Crippen molar-refractivity contribution in [2.24, 2.45) is 0 Å². The van der Waals surface area contributed by atoms with E-state index in [4.69, 9.17) is 5.11 Å². The highest BCUT2D eigenvalue weighted by Gasteiger charge is 2.15. The molecule has 0 saturated carbocycles. The molecular formula is C14H14N2O3. The first-order valence-electron chi connectivity index (χ1n) is 5.83. The molecule has 19 heavy (non-hydrogen) atoms. The van der Waals surface area contributed by atoms with Crippen LogP contribution in [-0.4, -0.2) is 27.8 Å². The molecule has 98 valence electrons. The second-order valence-corrected chi connectivity index (χ2v) is 3.99. The number of pyridine rings is 1. The van der Waals surface area contributed by atoms with Crippen molar-refractivity contribution in [2.75, 3.05) is 11.9 Å². The number of aliphatic hydroxyl groups is 1. The van der Waals surface area contributed by atoms with Crippen molar-refractivity contribution < 1.29 is 15.0 Å². The molecule has 2 rings (SSSR count). The summed E-state index contributed by atoms with van der Waals surface area (Å²) in [6.45, 7) is -0.153. The van der Waals surface area contributed by atoms with Crippen LogP contribution in [0.3, 0.4) is 0 Å². The summed E-state index contributed by atoms with van der Waals surface area (Å²) in [7, 11) is 0. The van der Waals surface area contributed by atoms with E-state index in [2.05, 4.69) is 10.3 Å². The molecular weight excluding hydrogens is 244 g/mol. The Balaban J connectivity index is 2.27. The number of rotatable bonds is 5. The molecule has 0 spiro atoms. The number of carboxylic acid groups (broad SMARTS) is 1. The van der Waals surface area contributed by atoms with Crippen LogP contribution in [0.15, 0.2) is 48.7 Å². The van der Waals surface area contributed by atoms with Gasteiger partial charge >= 0.3 is 5.97 Å². The zero-order valence-electron chi connectivity index (χ0n) is 10.2. The maximum atomic E-state index is 11.1. The number of aromatic nitrogens is 1. The second-order valence-electron chi connectivity index (χ2n) is 3.99. The van der Waals surface area contributed by atoms with Crippen molar-refractivity contribution in [2.45, 2.75) is 6.04 Å². The molecule has 0 aliphatic rings. The molecule has 0 saturated heterocycles. The molecule has 5 heteroatoms. The molecule has 0 amide bonds. The largest absolute Gasteiger partial charge is 0.478 e. The Morgan fingerprint density at radius 1 is 1.21 bits per heavy atom. The molecule has 3 N–H and O–H groups in total. The third-order valence-electron chi connectivity index (χ3n) is 2.73. The van der Waals surface area contributed by atoms with Crippen LogP contribution in [0.4, 0.5) is 5.82 Å². The molecule has 1 heterocycles. The first kappa shape index (κ1) is 13.0. The van der Waals surface area contributed by atoms with E-state index in [0.29, 0.717) is 0 Å². The van der Waals surface area contributed by atoms with Crippen molar-refractivity contribution in [3.63, 3.8) is 0 Å². The molecule has 0 aliphatic carbocycles. The number of aromatic carboxylic acids is 1. The van der Waals surface area contributed by atoms with E-state index < -0.39 is 12.0 Å². The molecule has 1 aromatic heterocycles. The van der Waals surface area contributed by atoms with Gasteiger partial charge in [0.25, 0.3) is 0 Å². The number of aliphatic hydroxyl groups excluding tert-OH is 1. The Morgan fingerprint density at radius 2 is 1.95 bits per heavy atom. The van der Waals surface area contributed by atoms with Gasteiger partial charge in [-0.3, -0.25) is 0 Å². The van der Waals surface area contributed by atoms with Crippen LogP contribution in [0, 0.1) is 0 Å². The Hall–Kier alpha value is -2.40. The van der Waals surface area contributed by atoms with Gasteiger partial charge in [0.15, 0.2) is 0 Å². The molecule has 5 nitrogen and oxygen atoms in total. The number of hydrogen-bond donors (Lipinski definition) is 3. The van der Waals surface area contributed by atoms with Gasteiger partial charge in [-0.1, -0.05) is 30.3 Å². The van der Waals surface area contributed by atoms with Crippen LogP contribution in [0.1, 0.15) is 22.0 Å². The maximum absolute atomic E-state index is 11.1. The third kappa shape index (κ3) is 3.08. The van der Waals surface area contributed by atoms with Crippen molar-refractivity contribution >= 4 is 11.8 Å². The molecule has 0 bridgehead atoms. The van der Waals surface area contributed by atoms with Crippen LogP contribution in [0.5, 0.6) is 0 Å². The number of hydrogen-bond acceptors (Lipinski definition) is 4. The highest BCUT2D eigenvalue weighted by atomic mass is 16.4. The number of anilines is 1. The van der Waals surface area contributed by atoms with Gasteiger partial charge in [0, 0.05) is 6.20 Å². The van der Waals surface area contributed by atoms with Gasteiger partial charge in [0.2, 0.25) is 0 Å². The fraction of sp³-hybridized carbons (Fsp3) is 0.143. The normalized spacial score (nSPS) is 11.8. The van der Waals surface area contributed by atoms with Crippen LogP contribution in [0.25, 0.3) is 0 Å². The summed E-state index contributed by atoms with van der Waals surface area (Å²) in [6, 6.07) is 11.9. The molecule has 1 aromatic carbocycles. The summed E-state index contributed by atoms with van der Waals surface area (Å²) >= 11 is 0. The van der Waals surface area contributed by atoms with Gasteiger partial charge in [-0.15, -0.1) is 0 Å². The maximum Gasteiger partial charge on any atom is 0.339 e. The lowest BCUT2D eigenvalue weighted by atomic mass is 10.1. The Labute approximate surface area is 110 Å². The summed E-state index contributed by atoms with van der Waals surface area (Å²) in [5.74, 6) is -0.807. The molecule has 0 aliphatic heterocycles. The smallest absolute Gasteiger partial charge is 0.339 e. The predicted molar refractivity (Wildman–Crippen MR) is 71.1 cm³/mol. The quantitative estimate of drug-likeness (QED) is 0.763. The minimum atomic E-state index is -1.06. The van der Waals surface area contributed by atoms with Gasteiger partial charge in [-0.25, -0.2) is 9.78 Å². The van der Waals surface area contributed by atoms with Crippen LogP contribution < -0.4 is 5.32 Å². The summed E-state index contributed by atoms with van der Waals surface area (Å²) in [5, 5.41) is 21.5. The monoisotopic (exact) mass is 258 g/mol. The van der Waals surface area contributed by atoms with Crippen LogP contribution in [-0.2, 0) is 0 Å². The molecule has 2 aromatic rings. The molecule has 1 unspecified atom stereocenters. The first-order valence-corrected chi connectivity index (χ1v) is 5.83. The Kier molecular flexibility index (Phi) is 4.10. The number of nitrogens with zero attached hydrogens (tertiary/aromatic N) is 1. The topological polar surface area (TPSA) is 82.5 Å². The Morgan fingerprint density at radius 3 is 2.58 bits per heavy atom. The summed E-state index contributed by atoms with van der Waals surface area (Å²) < 4.78 is 0. The fourth-order valence-corrected chi connectivity index (χ4v) is 1.78. The number of carbonyl (C=O) groups is 1. The van der Waals surface area contributed by atoms with E-state index in [1.165, 1.54) is 12.3 Å². The fourth-order valence-electron chi connectivity index (χ4n) is 1.78. The highest BCUT2D eigenvalue weighted by molar-refractivity contribution is 5.93. The zero-order chi connectivity index (χ0) is 13.7. The van der Waals surface area contributed by atoms with Gasteiger partial charge < -0.3 is 15.5 Å². The van der Waals surface area contributed by atoms with E-state index in [9.17, 15) is 9.90 Å². The van der Waals surface area contributed by atoms with Gasteiger partial charge in [-0.2, -0.15) is 0 Å². The minimum Gasteiger partial charge on any atom is -0.478 e. The summed E-state index contributed by atoms with van der Waals surface area (Å²) in [4.78, 5) is 15.1. The van der Waals surface area contributed by atoms with Crippen molar-refractivity contribution in [3.8, 4) is 0 Å². The van der Waals surface area contributed by atoms with Crippen molar-refractivity contribution in [1.82, 2.24) is 4.98 Å². The van der Waals surface area contributed by atoms with Gasteiger partial charge in [-0.05, 0) is 17.7 Å². The summed E-state index contributed by atoms with van der Waals surface area (Å²) in [5.41, 5.74) is 0.948.